The third kappa shape index (κ3) is 4.10. The van der Waals surface area contributed by atoms with Crippen molar-refractivity contribution < 1.29 is 14.7 Å². The van der Waals surface area contributed by atoms with Gasteiger partial charge in [0.05, 0.1) is 5.92 Å². The summed E-state index contributed by atoms with van der Waals surface area (Å²) in [6.07, 6.45) is 2.87. The van der Waals surface area contributed by atoms with Gasteiger partial charge in [0.2, 0.25) is 5.91 Å². The van der Waals surface area contributed by atoms with Crippen LogP contribution in [0.4, 0.5) is 0 Å². The molecule has 2 unspecified atom stereocenters. The van der Waals surface area contributed by atoms with Crippen LogP contribution in [0.15, 0.2) is 30.3 Å². The quantitative estimate of drug-likeness (QED) is 0.864. The van der Waals surface area contributed by atoms with E-state index in [2.05, 4.69) is 5.32 Å². The van der Waals surface area contributed by atoms with Gasteiger partial charge in [-0.25, -0.2) is 0 Å². The molecule has 1 aromatic rings. The Kier molecular flexibility index (Phi) is 4.96. The summed E-state index contributed by atoms with van der Waals surface area (Å²) in [5, 5.41) is 13.3. The Morgan fingerprint density at radius 2 is 1.96 bits per heavy atom. The number of amides is 2. The summed E-state index contributed by atoms with van der Waals surface area (Å²) >= 11 is 0. The van der Waals surface area contributed by atoms with Crippen molar-refractivity contribution in [1.29, 1.82) is 0 Å². The molecule has 1 aromatic carbocycles. The number of likely N-dealkylation sites (tertiary alicyclic amines) is 1. The van der Waals surface area contributed by atoms with Crippen molar-refractivity contribution in [1.82, 2.24) is 10.2 Å². The lowest BCUT2D eigenvalue weighted by Crippen LogP contribution is -2.47. The van der Waals surface area contributed by atoms with E-state index in [1.807, 2.05) is 6.07 Å². The van der Waals surface area contributed by atoms with Gasteiger partial charge in [0.15, 0.2) is 6.10 Å². The van der Waals surface area contributed by atoms with Gasteiger partial charge in [-0.1, -0.05) is 30.3 Å². The predicted octanol–water partition coefficient (Wildman–Crippen LogP) is 1.48. The number of carbonyl (C=O) groups excluding carboxylic acids is 2. The molecule has 1 heterocycles. The first kappa shape index (κ1) is 16.0. The Labute approximate surface area is 136 Å². The van der Waals surface area contributed by atoms with Gasteiger partial charge < -0.3 is 15.3 Å². The van der Waals surface area contributed by atoms with E-state index in [1.165, 1.54) is 12.8 Å². The number of piperidine rings is 1. The number of benzene rings is 1. The molecule has 1 saturated heterocycles. The maximum Gasteiger partial charge on any atom is 0.256 e. The van der Waals surface area contributed by atoms with Crippen molar-refractivity contribution in [2.45, 2.75) is 31.8 Å². The fraction of sp³-hybridized carbons (Fsp3) is 0.556. The molecule has 5 nitrogen and oxygen atoms in total. The zero-order valence-electron chi connectivity index (χ0n) is 13.3. The van der Waals surface area contributed by atoms with E-state index in [1.54, 1.807) is 29.2 Å². The van der Waals surface area contributed by atoms with Gasteiger partial charge in [-0.3, -0.25) is 9.59 Å². The number of nitrogens with one attached hydrogen (secondary N) is 1. The van der Waals surface area contributed by atoms with Gasteiger partial charge in [-0.05, 0) is 37.2 Å². The Hall–Kier alpha value is -1.88. The van der Waals surface area contributed by atoms with Crippen LogP contribution >= 0.6 is 0 Å². The molecule has 0 bridgehead atoms. The molecule has 1 saturated carbocycles. The zero-order chi connectivity index (χ0) is 16.2. The highest BCUT2D eigenvalue weighted by Crippen LogP contribution is 2.28. The van der Waals surface area contributed by atoms with Crippen LogP contribution in [0.1, 0.15) is 37.4 Å². The SMILES string of the molecule is O=C(NCC1CC1)C1CCCN(C(=O)C(O)c2ccccc2)C1. The largest absolute Gasteiger partial charge is 0.378 e. The molecule has 5 heteroatoms. The summed E-state index contributed by atoms with van der Waals surface area (Å²) in [7, 11) is 0. The minimum atomic E-state index is -1.15. The third-order valence-electron chi connectivity index (χ3n) is 4.71. The van der Waals surface area contributed by atoms with Crippen LogP contribution in [0.3, 0.4) is 0 Å². The van der Waals surface area contributed by atoms with E-state index in [4.69, 9.17) is 0 Å². The number of hydrogen-bond acceptors (Lipinski definition) is 3. The van der Waals surface area contributed by atoms with Crippen molar-refractivity contribution in [2.75, 3.05) is 19.6 Å². The van der Waals surface area contributed by atoms with Crippen molar-refractivity contribution >= 4 is 11.8 Å². The van der Waals surface area contributed by atoms with Crippen LogP contribution in [0.2, 0.25) is 0 Å². The highest BCUT2D eigenvalue weighted by atomic mass is 16.3. The van der Waals surface area contributed by atoms with E-state index >= 15 is 0 Å². The molecule has 23 heavy (non-hydrogen) atoms. The lowest BCUT2D eigenvalue weighted by Gasteiger charge is -2.33. The molecule has 2 atom stereocenters. The minimum absolute atomic E-state index is 0.0450. The van der Waals surface area contributed by atoms with Crippen LogP contribution in [-0.2, 0) is 9.59 Å². The van der Waals surface area contributed by atoms with Gasteiger partial charge in [-0.15, -0.1) is 0 Å². The molecule has 1 aliphatic carbocycles. The summed E-state index contributed by atoms with van der Waals surface area (Å²) in [6.45, 7) is 1.77. The molecular formula is C18H24N2O3. The minimum Gasteiger partial charge on any atom is -0.378 e. The summed E-state index contributed by atoms with van der Waals surface area (Å²) in [4.78, 5) is 26.3. The first-order valence-electron chi connectivity index (χ1n) is 8.44. The summed E-state index contributed by atoms with van der Waals surface area (Å²) in [5.41, 5.74) is 0.595. The highest BCUT2D eigenvalue weighted by molar-refractivity contribution is 5.84. The Bertz CT molecular complexity index is 557. The van der Waals surface area contributed by atoms with Crippen LogP contribution < -0.4 is 5.32 Å². The standard InChI is InChI=1S/C18H24N2O3/c21-16(14-5-2-1-3-6-14)18(23)20-10-4-7-15(12-20)17(22)19-11-13-8-9-13/h1-3,5-6,13,15-16,21H,4,7-12H2,(H,19,22). The second-order valence-corrected chi connectivity index (χ2v) is 6.63. The van der Waals surface area contributed by atoms with E-state index in [0.717, 1.165) is 19.4 Å². The second kappa shape index (κ2) is 7.13. The predicted molar refractivity (Wildman–Crippen MR) is 86.4 cm³/mol. The molecular weight excluding hydrogens is 292 g/mol. The van der Waals surface area contributed by atoms with Crippen molar-refractivity contribution in [3.05, 3.63) is 35.9 Å². The molecule has 2 fully saturated rings. The molecule has 3 rings (SSSR count). The zero-order valence-corrected chi connectivity index (χ0v) is 13.3. The summed E-state index contributed by atoms with van der Waals surface area (Å²) in [6, 6.07) is 8.94. The van der Waals surface area contributed by atoms with Crippen LogP contribution in [0.25, 0.3) is 0 Å². The number of aliphatic hydroxyl groups excluding tert-OH is 1. The Morgan fingerprint density at radius 1 is 1.22 bits per heavy atom. The molecule has 2 N–H and O–H groups in total. The van der Waals surface area contributed by atoms with E-state index in [9.17, 15) is 14.7 Å². The summed E-state index contributed by atoms with van der Waals surface area (Å²) < 4.78 is 0. The number of rotatable bonds is 5. The van der Waals surface area contributed by atoms with Gasteiger partial charge >= 0.3 is 0 Å². The van der Waals surface area contributed by atoms with Gasteiger partial charge in [0.1, 0.15) is 0 Å². The lowest BCUT2D eigenvalue weighted by molar-refractivity contribution is -0.143. The first-order valence-corrected chi connectivity index (χ1v) is 8.44. The molecule has 2 aliphatic rings. The first-order chi connectivity index (χ1) is 11.1. The lowest BCUT2D eigenvalue weighted by atomic mass is 9.96. The number of hydrogen-bond donors (Lipinski definition) is 2. The Balaban J connectivity index is 1.56. The van der Waals surface area contributed by atoms with Gasteiger partial charge in [-0.2, -0.15) is 0 Å². The average Bonchev–Trinajstić information content (AvgIpc) is 3.43. The van der Waals surface area contributed by atoms with Gasteiger partial charge in [0, 0.05) is 19.6 Å². The van der Waals surface area contributed by atoms with E-state index in [-0.39, 0.29) is 17.7 Å². The maximum atomic E-state index is 12.5. The molecule has 0 aromatic heterocycles. The molecule has 124 valence electrons. The Morgan fingerprint density at radius 3 is 2.65 bits per heavy atom. The van der Waals surface area contributed by atoms with Crippen LogP contribution in [0, 0.1) is 11.8 Å². The van der Waals surface area contributed by atoms with Gasteiger partial charge in [0.25, 0.3) is 5.91 Å². The van der Waals surface area contributed by atoms with Crippen LogP contribution in [0.5, 0.6) is 0 Å². The van der Waals surface area contributed by atoms with Crippen molar-refractivity contribution in [2.24, 2.45) is 11.8 Å². The summed E-state index contributed by atoms with van der Waals surface area (Å²) in [5.74, 6) is 0.231. The normalized spacial score (nSPS) is 22.5. The molecule has 1 aliphatic heterocycles. The smallest absolute Gasteiger partial charge is 0.256 e. The third-order valence-corrected chi connectivity index (χ3v) is 4.71. The fourth-order valence-electron chi connectivity index (χ4n) is 3.05. The second-order valence-electron chi connectivity index (χ2n) is 6.63. The van der Waals surface area contributed by atoms with E-state index in [0.29, 0.717) is 24.6 Å². The van der Waals surface area contributed by atoms with E-state index < -0.39 is 6.10 Å². The fourth-order valence-corrected chi connectivity index (χ4v) is 3.05. The topological polar surface area (TPSA) is 69.6 Å². The number of carbonyl (C=O) groups is 2. The van der Waals surface area contributed by atoms with Crippen molar-refractivity contribution in [3.8, 4) is 0 Å². The average molecular weight is 316 g/mol. The maximum absolute atomic E-state index is 12.5. The molecule has 2 amide bonds. The molecule has 0 spiro atoms. The molecule has 0 radical (unpaired) electrons. The monoisotopic (exact) mass is 316 g/mol. The van der Waals surface area contributed by atoms with Crippen LogP contribution in [-0.4, -0.2) is 41.5 Å². The number of aliphatic hydroxyl groups is 1. The van der Waals surface area contributed by atoms with Crippen molar-refractivity contribution in [3.63, 3.8) is 0 Å². The highest BCUT2D eigenvalue weighted by Gasteiger charge is 2.32. The number of nitrogens with zero attached hydrogens (tertiary/aromatic N) is 1.